The molecule has 0 radical (unpaired) electrons. The minimum absolute atomic E-state index is 0.0758. The van der Waals surface area contributed by atoms with Crippen LogP contribution in [0.5, 0.6) is 0 Å². The van der Waals surface area contributed by atoms with Gasteiger partial charge in [0.05, 0.1) is 11.9 Å². The normalized spacial score (nSPS) is 13.5. The quantitative estimate of drug-likeness (QED) is 0.809. The molecule has 1 rings (SSSR count). The molecule has 0 aliphatic heterocycles. The number of Topliss-reactive ketones (excluding diaryl/α,β-unsaturated/α-hetero) is 1. The van der Waals surface area contributed by atoms with Crippen molar-refractivity contribution in [1.29, 1.82) is 0 Å². The van der Waals surface area contributed by atoms with E-state index in [1.54, 1.807) is 7.05 Å². The molecule has 0 bridgehead atoms. The second-order valence-corrected chi connectivity index (χ2v) is 4.80. The van der Waals surface area contributed by atoms with Gasteiger partial charge in [0.25, 0.3) is 5.92 Å². The Kier molecular flexibility index (Phi) is 4.44. The molecule has 0 aliphatic rings. The molecule has 0 saturated heterocycles. The van der Waals surface area contributed by atoms with Crippen molar-refractivity contribution >= 4 is 11.5 Å². The Morgan fingerprint density at radius 3 is 2.42 bits per heavy atom. The fourth-order valence-electron chi connectivity index (χ4n) is 2.10. The minimum atomic E-state index is -3.05. The van der Waals surface area contributed by atoms with Gasteiger partial charge in [0.15, 0.2) is 5.78 Å². The van der Waals surface area contributed by atoms with Gasteiger partial charge in [-0.1, -0.05) is 13.8 Å². The molecule has 106 valence electrons. The minimum Gasteiger partial charge on any atom is -0.387 e. The van der Waals surface area contributed by atoms with E-state index in [1.165, 1.54) is 13.1 Å². The van der Waals surface area contributed by atoms with Crippen molar-refractivity contribution in [3.05, 3.63) is 23.0 Å². The van der Waals surface area contributed by atoms with Gasteiger partial charge < -0.3 is 5.32 Å². The number of nitrogens with one attached hydrogen (secondary N) is 2. The molecular formula is C13H19F2N3O. The highest BCUT2D eigenvalue weighted by atomic mass is 19.3. The van der Waals surface area contributed by atoms with E-state index < -0.39 is 5.92 Å². The van der Waals surface area contributed by atoms with Crippen LogP contribution in [0.2, 0.25) is 0 Å². The van der Waals surface area contributed by atoms with Crippen LogP contribution in [-0.2, 0) is 10.7 Å². The number of hydrogen-bond donors (Lipinski definition) is 2. The Morgan fingerprint density at radius 1 is 1.47 bits per heavy atom. The van der Waals surface area contributed by atoms with Gasteiger partial charge in [0, 0.05) is 25.1 Å². The van der Waals surface area contributed by atoms with Crippen LogP contribution in [0.3, 0.4) is 0 Å². The zero-order chi connectivity index (χ0) is 14.8. The lowest BCUT2D eigenvalue weighted by Gasteiger charge is -2.18. The number of rotatable bonds is 5. The Labute approximate surface area is 111 Å². The van der Waals surface area contributed by atoms with E-state index in [0.717, 1.165) is 6.92 Å². The number of aromatic nitrogens is 2. The molecule has 0 unspecified atom stereocenters. The first-order valence-corrected chi connectivity index (χ1v) is 6.05. The van der Waals surface area contributed by atoms with E-state index in [9.17, 15) is 13.6 Å². The van der Waals surface area contributed by atoms with Gasteiger partial charge in [0.1, 0.15) is 5.69 Å². The van der Waals surface area contributed by atoms with Gasteiger partial charge in [-0.15, -0.1) is 0 Å². The average molecular weight is 271 g/mol. The summed E-state index contributed by atoms with van der Waals surface area (Å²) in [6, 6.07) is 0. The molecule has 1 aromatic heterocycles. The number of carbonyl (C=O) groups is 1. The molecule has 0 saturated carbocycles. The van der Waals surface area contributed by atoms with Gasteiger partial charge in [-0.3, -0.25) is 9.89 Å². The van der Waals surface area contributed by atoms with Crippen molar-refractivity contribution in [1.82, 2.24) is 15.5 Å². The number of H-pyrrole nitrogens is 1. The zero-order valence-corrected chi connectivity index (χ0v) is 11.8. The first-order valence-electron chi connectivity index (χ1n) is 6.05. The summed E-state index contributed by atoms with van der Waals surface area (Å²) < 4.78 is 27.0. The fourth-order valence-corrected chi connectivity index (χ4v) is 2.10. The highest BCUT2D eigenvalue weighted by molar-refractivity contribution is 6.01. The van der Waals surface area contributed by atoms with Gasteiger partial charge in [-0.25, -0.2) is 0 Å². The van der Waals surface area contributed by atoms with Crippen molar-refractivity contribution in [2.45, 2.75) is 33.6 Å². The third-order valence-electron chi connectivity index (χ3n) is 2.82. The van der Waals surface area contributed by atoms with Crippen LogP contribution >= 0.6 is 0 Å². The summed E-state index contributed by atoms with van der Waals surface area (Å²) in [7, 11) is 1.60. The Morgan fingerprint density at radius 2 is 2.05 bits per heavy atom. The summed E-state index contributed by atoms with van der Waals surface area (Å²) in [5.41, 5.74) is 0.812. The number of carbonyl (C=O) groups excluding carboxylic acids is 1. The largest absolute Gasteiger partial charge is 0.387 e. The van der Waals surface area contributed by atoms with E-state index in [2.05, 4.69) is 15.5 Å². The third kappa shape index (κ3) is 3.19. The predicted octanol–water partition coefficient (Wildman–Crippen LogP) is 2.70. The van der Waals surface area contributed by atoms with Crippen LogP contribution in [0, 0.1) is 5.92 Å². The third-order valence-corrected chi connectivity index (χ3v) is 2.82. The highest BCUT2D eigenvalue weighted by Crippen LogP contribution is 2.33. The number of ketones is 1. The first-order chi connectivity index (χ1) is 8.70. The maximum atomic E-state index is 13.5. The number of alkyl halides is 2. The second kappa shape index (κ2) is 5.50. The molecule has 4 nitrogen and oxygen atoms in total. The van der Waals surface area contributed by atoms with Crippen molar-refractivity contribution in [3.8, 4) is 0 Å². The van der Waals surface area contributed by atoms with Gasteiger partial charge in [0.2, 0.25) is 0 Å². The standard InChI is InChI=1S/C13H19F2N3O/c1-7(2)10(8(3)19)11(16-5)9-6-17-18-12(9)13(4,14)15/h6-7,16H,1-5H3,(H,17,18)/b11-10-. The van der Waals surface area contributed by atoms with E-state index in [-0.39, 0.29) is 23.0 Å². The topological polar surface area (TPSA) is 57.8 Å². The van der Waals surface area contributed by atoms with Gasteiger partial charge >= 0.3 is 0 Å². The van der Waals surface area contributed by atoms with Crippen LogP contribution in [0.15, 0.2) is 11.8 Å². The number of allylic oxidation sites excluding steroid dienone is 1. The molecule has 2 N–H and O–H groups in total. The Bertz CT molecular complexity index is 498. The van der Waals surface area contributed by atoms with Crippen LogP contribution in [0.4, 0.5) is 8.78 Å². The Hall–Kier alpha value is -1.72. The molecular weight excluding hydrogens is 252 g/mol. The Balaban J connectivity index is 3.52. The summed E-state index contributed by atoms with van der Waals surface area (Å²) in [6.45, 7) is 5.91. The van der Waals surface area contributed by atoms with Crippen LogP contribution in [-0.4, -0.2) is 23.0 Å². The van der Waals surface area contributed by atoms with Crippen LogP contribution in [0.1, 0.15) is 39.0 Å². The summed E-state index contributed by atoms with van der Waals surface area (Å²) in [5.74, 6) is -3.27. The maximum absolute atomic E-state index is 13.5. The van der Waals surface area contributed by atoms with Gasteiger partial charge in [-0.2, -0.15) is 13.9 Å². The van der Waals surface area contributed by atoms with Gasteiger partial charge in [-0.05, 0) is 12.8 Å². The van der Waals surface area contributed by atoms with E-state index in [0.29, 0.717) is 11.3 Å². The number of aromatic amines is 1. The second-order valence-electron chi connectivity index (χ2n) is 4.80. The van der Waals surface area contributed by atoms with Crippen LogP contribution in [0.25, 0.3) is 5.70 Å². The molecule has 0 fully saturated rings. The van der Waals surface area contributed by atoms with Crippen LogP contribution < -0.4 is 5.32 Å². The van der Waals surface area contributed by atoms with E-state index in [4.69, 9.17) is 0 Å². The lowest BCUT2D eigenvalue weighted by Crippen LogP contribution is -2.19. The van der Waals surface area contributed by atoms with Crippen molar-refractivity contribution in [2.75, 3.05) is 7.05 Å². The number of hydrogen-bond acceptors (Lipinski definition) is 3. The van der Waals surface area contributed by atoms with Crippen molar-refractivity contribution in [2.24, 2.45) is 5.92 Å². The number of halogens is 2. The molecule has 0 atom stereocenters. The number of nitrogens with zero attached hydrogens (tertiary/aromatic N) is 1. The summed E-state index contributed by atoms with van der Waals surface area (Å²) >= 11 is 0. The zero-order valence-electron chi connectivity index (χ0n) is 11.8. The molecule has 1 aromatic rings. The smallest absolute Gasteiger partial charge is 0.287 e. The molecule has 19 heavy (non-hydrogen) atoms. The fraction of sp³-hybridized carbons (Fsp3) is 0.538. The monoisotopic (exact) mass is 271 g/mol. The summed E-state index contributed by atoms with van der Waals surface area (Å²) in [4.78, 5) is 11.7. The van der Waals surface area contributed by atoms with Crippen molar-refractivity contribution in [3.63, 3.8) is 0 Å². The maximum Gasteiger partial charge on any atom is 0.287 e. The predicted molar refractivity (Wildman–Crippen MR) is 69.7 cm³/mol. The lowest BCUT2D eigenvalue weighted by molar-refractivity contribution is -0.114. The molecule has 0 aliphatic carbocycles. The summed E-state index contributed by atoms with van der Waals surface area (Å²) in [5, 5.41) is 8.82. The highest BCUT2D eigenvalue weighted by Gasteiger charge is 2.32. The van der Waals surface area contributed by atoms with E-state index >= 15 is 0 Å². The molecule has 0 spiro atoms. The summed E-state index contributed by atoms with van der Waals surface area (Å²) in [6.07, 6.45) is 1.31. The average Bonchev–Trinajstić information content (AvgIpc) is 2.72. The SMILES string of the molecule is CN/C(=C(\C(C)=O)C(C)C)c1cn[nH]c1C(C)(F)F. The molecule has 1 heterocycles. The first kappa shape index (κ1) is 15.3. The molecule has 0 aromatic carbocycles. The lowest BCUT2D eigenvalue weighted by atomic mass is 9.93. The van der Waals surface area contributed by atoms with E-state index in [1.807, 2.05) is 13.8 Å². The molecule has 0 amide bonds. The molecule has 6 heteroatoms. The van der Waals surface area contributed by atoms with Crippen molar-refractivity contribution < 1.29 is 13.6 Å².